The number of nitrogens with one attached hydrogen (secondary N) is 1. The quantitative estimate of drug-likeness (QED) is 0.563. The first-order valence-corrected chi connectivity index (χ1v) is 5.05. The summed E-state index contributed by atoms with van der Waals surface area (Å²) in [5, 5.41) is 3.20. The molecule has 0 aliphatic heterocycles. The molecule has 0 saturated carbocycles. The van der Waals surface area contributed by atoms with Crippen LogP contribution in [0.1, 0.15) is 20.8 Å². The van der Waals surface area contributed by atoms with E-state index in [1.54, 1.807) is 12.2 Å². The van der Waals surface area contributed by atoms with Crippen LogP contribution in [0.25, 0.3) is 0 Å². The lowest BCUT2D eigenvalue weighted by molar-refractivity contribution is 0.580. The van der Waals surface area contributed by atoms with Gasteiger partial charge in [-0.1, -0.05) is 64.4 Å². The van der Waals surface area contributed by atoms with Crippen LogP contribution >= 0.6 is 12.2 Å². The summed E-state index contributed by atoms with van der Waals surface area (Å²) in [6.07, 6.45) is 5.48. The van der Waals surface area contributed by atoms with Gasteiger partial charge in [-0.3, -0.25) is 0 Å². The lowest BCUT2D eigenvalue weighted by Gasteiger charge is -2.21. The second kappa shape index (κ2) is 5.76. The van der Waals surface area contributed by atoms with Gasteiger partial charge in [0.05, 0.1) is 4.99 Å². The third-order valence-corrected chi connectivity index (χ3v) is 2.49. The van der Waals surface area contributed by atoms with Gasteiger partial charge in [0.15, 0.2) is 0 Å². The molecule has 0 aliphatic rings. The van der Waals surface area contributed by atoms with Gasteiger partial charge in [-0.15, -0.1) is 0 Å². The zero-order valence-electron chi connectivity index (χ0n) is 9.26. The Labute approximate surface area is 92.6 Å². The first-order chi connectivity index (χ1) is 6.41. The van der Waals surface area contributed by atoms with Crippen LogP contribution in [0.2, 0.25) is 0 Å². The summed E-state index contributed by atoms with van der Waals surface area (Å²) in [4.78, 5) is 0.870. The van der Waals surface area contributed by atoms with Gasteiger partial charge in [-0.2, -0.15) is 0 Å². The summed E-state index contributed by atoms with van der Waals surface area (Å²) < 4.78 is 0. The summed E-state index contributed by atoms with van der Waals surface area (Å²) >= 11 is 5.24. The average molecular weight is 209 g/mol. The molecule has 0 fully saturated rings. The van der Waals surface area contributed by atoms with E-state index in [4.69, 9.17) is 12.2 Å². The maximum absolute atomic E-state index is 5.24. The molecule has 0 spiro atoms. The van der Waals surface area contributed by atoms with Gasteiger partial charge in [0.1, 0.15) is 0 Å². The van der Waals surface area contributed by atoms with E-state index >= 15 is 0 Å². The SMILES string of the molecule is C=C/C=C(\C=C)CNC(=S)C(C)(C)C. The highest BCUT2D eigenvalue weighted by Crippen LogP contribution is 2.14. The third-order valence-electron chi connectivity index (χ3n) is 1.73. The normalized spacial score (nSPS) is 12.1. The molecule has 2 heteroatoms. The Hall–Kier alpha value is -0.890. The first kappa shape index (κ1) is 13.1. The van der Waals surface area contributed by atoms with E-state index in [0.717, 1.165) is 10.6 Å². The predicted octanol–water partition coefficient (Wildman–Crippen LogP) is 3.25. The monoisotopic (exact) mass is 209 g/mol. The maximum atomic E-state index is 5.24. The molecule has 78 valence electrons. The Balaban J connectivity index is 4.18. The standard InChI is InChI=1S/C12H19NS/c1-6-8-10(7-2)9-13-11(14)12(3,4)5/h6-8H,1-2,9H2,3-5H3,(H,13,14)/b10-8+. The molecule has 0 saturated heterocycles. The van der Waals surface area contributed by atoms with Crippen molar-refractivity contribution in [2.24, 2.45) is 5.41 Å². The summed E-state index contributed by atoms with van der Waals surface area (Å²) in [6.45, 7) is 14.3. The van der Waals surface area contributed by atoms with E-state index < -0.39 is 0 Å². The first-order valence-electron chi connectivity index (χ1n) is 4.64. The molecule has 14 heavy (non-hydrogen) atoms. The number of allylic oxidation sites excluding steroid dienone is 2. The topological polar surface area (TPSA) is 12.0 Å². The molecule has 0 heterocycles. The maximum Gasteiger partial charge on any atom is 0.0810 e. The number of rotatable bonds is 4. The molecule has 1 nitrogen and oxygen atoms in total. The van der Waals surface area contributed by atoms with E-state index in [1.807, 2.05) is 6.08 Å². The average Bonchev–Trinajstić information content (AvgIpc) is 2.10. The van der Waals surface area contributed by atoms with Gasteiger partial charge < -0.3 is 5.32 Å². The molecule has 0 atom stereocenters. The van der Waals surface area contributed by atoms with Crippen molar-refractivity contribution >= 4 is 17.2 Å². The minimum Gasteiger partial charge on any atom is -0.375 e. The van der Waals surface area contributed by atoms with Crippen LogP contribution in [-0.4, -0.2) is 11.5 Å². The molecular weight excluding hydrogens is 190 g/mol. The molecule has 0 unspecified atom stereocenters. The highest BCUT2D eigenvalue weighted by molar-refractivity contribution is 7.80. The fraction of sp³-hybridized carbons (Fsp3) is 0.417. The Morgan fingerprint density at radius 2 is 1.93 bits per heavy atom. The molecule has 0 aromatic heterocycles. The van der Waals surface area contributed by atoms with Crippen molar-refractivity contribution in [3.8, 4) is 0 Å². The smallest absolute Gasteiger partial charge is 0.0810 e. The van der Waals surface area contributed by atoms with Gasteiger partial charge in [-0.25, -0.2) is 0 Å². The molecular formula is C12H19NS. The Kier molecular flexibility index (Phi) is 5.39. The van der Waals surface area contributed by atoms with E-state index in [9.17, 15) is 0 Å². The van der Waals surface area contributed by atoms with E-state index in [-0.39, 0.29) is 5.41 Å². The van der Waals surface area contributed by atoms with Crippen LogP contribution in [0.4, 0.5) is 0 Å². The lowest BCUT2D eigenvalue weighted by atomic mass is 9.96. The van der Waals surface area contributed by atoms with Crippen molar-refractivity contribution < 1.29 is 0 Å². The summed E-state index contributed by atoms with van der Waals surface area (Å²) in [5.41, 5.74) is 1.11. The van der Waals surface area contributed by atoms with E-state index in [1.165, 1.54) is 0 Å². The molecule has 1 N–H and O–H groups in total. The van der Waals surface area contributed by atoms with E-state index in [2.05, 4.69) is 39.2 Å². The van der Waals surface area contributed by atoms with Crippen molar-refractivity contribution in [1.29, 1.82) is 0 Å². The van der Waals surface area contributed by atoms with Crippen LogP contribution in [0.5, 0.6) is 0 Å². The van der Waals surface area contributed by atoms with Crippen LogP contribution in [-0.2, 0) is 0 Å². The van der Waals surface area contributed by atoms with Crippen molar-refractivity contribution in [1.82, 2.24) is 5.32 Å². The van der Waals surface area contributed by atoms with Crippen molar-refractivity contribution in [3.63, 3.8) is 0 Å². The highest BCUT2D eigenvalue weighted by atomic mass is 32.1. The Bertz CT molecular complexity index is 256. The summed E-state index contributed by atoms with van der Waals surface area (Å²) in [6, 6.07) is 0. The number of hydrogen-bond donors (Lipinski definition) is 1. The molecule has 0 aliphatic carbocycles. The molecule has 0 rings (SSSR count). The predicted molar refractivity (Wildman–Crippen MR) is 68.5 cm³/mol. The Morgan fingerprint density at radius 3 is 2.29 bits per heavy atom. The van der Waals surface area contributed by atoms with Crippen LogP contribution < -0.4 is 5.32 Å². The van der Waals surface area contributed by atoms with Gasteiger partial charge >= 0.3 is 0 Å². The lowest BCUT2D eigenvalue weighted by Crippen LogP contribution is -2.34. The minimum atomic E-state index is 0.0236. The van der Waals surface area contributed by atoms with E-state index in [0.29, 0.717) is 6.54 Å². The van der Waals surface area contributed by atoms with Gasteiger partial charge in [0, 0.05) is 12.0 Å². The van der Waals surface area contributed by atoms with Crippen molar-refractivity contribution in [2.45, 2.75) is 20.8 Å². The zero-order valence-corrected chi connectivity index (χ0v) is 10.1. The van der Waals surface area contributed by atoms with Crippen molar-refractivity contribution in [2.75, 3.05) is 6.54 Å². The Morgan fingerprint density at radius 1 is 1.36 bits per heavy atom. The molecule has 0 amide bonds. The minimum absolute atomic E-state index is 0.0236. The van der Waals surface area contributed by atoms with Gasteiger partial charge in [0.2, 0.25) is 0 Å². The second-order valence-electron chi connectivity index (χ2n) is 4.11. The highest BCUT2D eigenvalue weighted by Gasteiger charge is 2.15. The zero-order chi connectivity index (χ0) is 11.2. The second-order valence-corrected chi connectivity index (χ2v) is 4.52. The molecule has 0 aromatic rings. The largest absolute Gasteiger partial charge is 0.375 e. The fourth-order valence-corrected chi connectivity index (χ4v) is 0.870. The van der Waals surface area contributed by atoms with Crippen LogP contribution in [0.15, 0.2) is 37.0 Å². The fourth-order valence-electron chi connectivity index (χ4n) is 0.798. The third kappa shape index (κ3) is 4.97. The number of hydrogen-bond acceptors (Lipinski definition) is 1. The summed E-state index contributed by atoms with van der Waals surface area (Å²) in [5.74, 6) is 0. The molecule has 0 aromatic carbocycles. The van der Waals surface area contributed by atoms with Gasteiger partial charge in [-0.05, 0) is 5.57 Å². The van der Waals surface area contributed by atoms with Crippen molar-refractivity contribution in [3.05, 3.63) is 37.0 Å². The molecule has 0 radical (unpaired) electrons. The molecule has 0 bridgehead atoms. The summed E-state index contributed by atoms with van der Waals surface area (Å²) in [7, 11) is 0. The van der Waals surface area contributed by atoms with Crippen LogP contribution in [0.3, 0.4) is 0 Å². The van der Waals surface area contributed by atoms with Crippen LogP contribution in [0, 0.1) is 5.41 Å². The number of thiocarbonyl (C=S) groups is 1. The van der Waals surface area contributed by atoms with Gasteiger partial charge in [0.25, 0.3) is 0 Å².